The number of rotatable bonds is 11. The number of para-hydroxylation sites is 1. The Morgan fingerprint density at radius 2 is 1.40 bits per heavy atom. The van der Waals surface area contributed by atoms with Crippen molar-refractivity contribution in [1.82, 2.24) is 0 Å². The molecule has 0 fully saturated rings. The van der Waals surface area contributed by atoms with Crippen LogP contribution in [0.15, 0.2) is 48.5 Å². The van der Waals surface area contributed by atoms with Gasteiger partial charge in [-0.3, -0.25) is 0 Å². The lowest BCUT2D eigenvalue weighted by atomic mass is 9.87. The molecule has 2 rings (SSSR count). The Morgan fingerprint density at radius 1 is 0.700 bits per heavy atom. The molecule has 2 aromatic carbocycles. The van der Waals surface area contributed by atoms with Gasteiger partial charge in [0, 0.05) is 18.8 Å². The lowest BCUT2D eigenvalue weighted by molar-refractivity contribution is -0.0152. The topological polar surface area (TPSA) is 36.9 Å². The van der Waals surface area contributed by atoms with Crippen molar-refractivity contribution in [1.29, 1.82) is 0 Å². The summed E-state index contributed by atoms with van der Waals surface area (Å²) >= 11 is 0. The van der Waals surface area contributed by atoms with Gasteiger partial charge in [-0.25, -0.2) is 0 Å². The molecule has 0 N–H and O–H groups in total. The van der Waals surface area contributed by atoms with E-state index in [1.807, 2.05) is 36.4 Å². The number of hydrogen-bond acceptors (Lipinski definition) is 4. The smallest absolute Gasteiger partial charge is 0.126 e. The van der Waals surface area contributed by atoms with Crippen LogP contribution in [0.4, 0.5) is 0 Å². The molecule has 0 saturated heterocycles. The molecule has 0 atom stereocenters. The van der Waals surface area contributed by atoms with Crippen molar-refractivity contribution in [2.75, 3.05) is 26.4 Å². The zero-order valence-corrected chi connectivity index (χ0v) is 19.5. The van der Waals surface area contributed by atoms with E-state index >= 15 is 0 Å². The molecule has 30 heavy (non-hydrogen) atoms. The molecule has 0 aliphatic heterocycles. The third-order valence-electron chi connectivity index (χ3n) is 4.54. The highest BCUT2D eigenvalue weighted by molar-refractivity contribution is 5.34. The van der Waals surface area contributed by atoms with E-state index in [9.17, 15) is 0 Å². The number of ether oxygens (including phenoxy) is 4. The highest BCUT2D eigenvalue weighted by Crippen LogP contribution is 2.25. The molecule has 4 nitrogen and oxygen atoms in total. The van der Waals surface area contributed by atoms with Crippen LogP contribution in [0, 0.1) is 0 Å². The van der Waals surface area contributed by atoms with Crippen LogP contribution < -0.4 is 9.47 Å². The molecule has 4 heteroatoms. The maximum absolute atomic E-state index is 5.97. The molecular formula is C26H38O4. The molecule has 0 unspecified atom stereocenters. The molecule has 0 aliphatic carbocycles. The first-order valence-corrected chi connectivity index (χ1v) is 10.8. The van der Waals surface area contributed by atoms with Crippen LogP contribution in [-0.2, 0) is 21.5 Å². The average molecular weight is 415 g/mol. The summed E-state index contributed by atoms with van der Waals surface area (Å²) in [6, 6.07) is 16.3. The first-order valence-electron chi connectivity index (χ1n) is 10.8. The largest absolute Gasteiger partial charge is 0.491 e. The van der Waals surface area contributed by atoms with Gasteiger partial charge >= 0.3 is 0 Å². The molecule has 2 aromatic rings. The van der Waals surface area contributed by atoms with Gasteiger partial charge in [-0.05, 0) is 56.4 Å². The average Bonchev–Trinajstić information content (AvgIpc) is 2.68. The Balaban J connectivity index is 1.73. The monoisotopic (exact) mass is 414 g/mol. The predicted molar refractivity (Wildman–Crippen MR) is 123 cm³/mol. The molecular weight excluding hydrogens is 376 g/mol. The van der Waals surface area contributed by atoms with Crippen LogP contribution in [0.3, 0.4) is 0 Å². The van der Waals surface area contributed by atoms with Gasteiger partial charge in [-0.15, -0.1) is 0 Å². The van der Waals surface area contributed by atoms with E-state index in [0.29, 0.717) is 33.0 Å². The molecule has 0 bridgehead atoms. The molecule has 0 aromatic heterocycles. The van der Waals surface area contributed by atoms with Crippen LogP contribution in [0.2, 0.25) is 0 Å². The minimum Gasteiger partial charge on any atom is -0.491 e. The standard InChI is InChI=1S/C26H38O4/c1-25(2,3)22-12-14-23(15-13-22)29-20-21-10-7-8-11-24(21)28-19-18-27-16-9-17-30-26(4,5)6/h7-8,10-15H,9,16-20H2,1-6H3. The van der Waals surface area contributed by atoms with Gasteiger partial charge in [-0.1, -0.05) is 51.1 Å². The van der Waals surface area contributed by atoms with Crippen LogP contribution in [0.1, 0.15) is 59.1 Å². The third-order valence-corrected chi connectivity index (χ3v) is 4.54. The van der Waals surface area contributed by atoms with E-state index in [4.69, 9.17) is 18.9 Å². The SMILES string of the molecule is CC(C)(C)OCCCOCCOc1ccccc1COc1ccc(C(C)(C)C)cc1. The summed E-state index contributed by atoms with van der Waals surface area (Å²) in [6.07, 6.45) is 0.885. The van der Waals surface area contributed by atoms with Gasteiger partial charge < -0.3 is 18.9 Å². The maximum atomic E-state index is 5.97. The Hall–Kier alpha value is -2.04. The van der Waals surface area contributed by atoms with Crippen molar-refractivity contribution >= 4 is 0 Å². The molecule has 0 aliphatic rings. The van der Waals surface area contributed by atoms with Crippen LogP contribution >= 0.6 is 0 Å². The second kappa shape index (κ2) is 11.4. The van der Waals surface area contributed by atoms with Crippen molar-refractivity contribution < 1.29 is 18.9 Å². The second-order valence-corrected chi connectivity index (χ2v) is 9.45. The Bertz CT molecular complexity index is 739. The van der Waals surface area contributed by atoms with E-state index in [2.05, 4.69) is 53.7 Å². The van der Waals surface area contributed by atoms with Crippen molar-refractivity contribution in [2.24, 2.45) is 0 Å². The first-order chi connectivity index (χ1) is 14.1. The summed E-state index contributed by atoms with van der Waals surface area (Å²) in [5.74, 6) is 1.70. The molecule has 0 heterocycles. The first kappa shape index (κ1) is 24.2. The van der Waals surface area contributed by atoms with E-state index in [0.717, 1.165) is 23.5 Å². The van der Waals surface area contributed by atoms with E-state index in [-0.39, 0.29) is 11.0 Å². The molecule has 0 spiro atoms. The molecule has 0 saturated carbocycles. The van der Waals surface area contributed by atoms with Crippen molar-refractivity contribution in [3.63, 3.8) is 0 Å². The predicted octanol–water partition coefficient (Wildman–Crippen LogP) is 6.16. The van der Waals surface area contributed by atoms with E-state index in [1.165, 1.54) is 5.56 Å². The Morgan fingerprint density at radius 3 is 2.07 bits per heavy atom. The van der Waals surface area contributed by atoms with Gasteiger partial charge in [0.15, 0.2) is 0 Å². The molecule has 0 amide bonds. The number of benzene rings is 2. The van der Waals surface area contributed by atoms with Crippen molar-refractivity contribution in [3.8, 4) is 11.5 Å². The summed E-state index contributed by atoms with van der Waals surface area (Å²) < 4.78 is 23.2. The summed E-state index contributed by atoms with van der Waals surface area (Å²) in [4.78, 5) is 0. The van der Waals surface area contributed by atoms with E-state index in [1.54, 1.807) is 0 Å². The van der Waals surface area contributed by atoms with Crippen LogP contribution in [-0.4, -0.2) is 32.0 Å². The Labute approximate surface area is 182 Å². The second-order valence-electron chi connectivity index (χ2n) is 9.45. The molecule has 0 radical (unpaired) electrons. The van der Waals surface area contributed by atoms with Gasteiger partial charge in [-0.2, -0.15) is 0 Å². The fourth-order valence-electron chi connectivity index (χ4n) is 2.83. The zero-order valence-electron chi connectivity index (χ0n) is 19.5. The lowest BCUT2D eigenvalue weighted by Gasteiger charge is -2.19. The van der Waals surface area contributed by atoms with Crippen molar-refractivity contribution in [3.05, 3.63) is 59.7 Å². The summed E-state index contributed by atoms with van der Waals surface area (Å²) in [5, 5.41) is 0. The lowest BCUT2D eigenvalue weighted by Crippen LogP contribution is -2.20. The fourth-order valence-corrected chi connectivity index (χ4v) is 2.83. The van der Waals surface area contributed by atoms with Gasteiger partial charge in [0.2, 0.25) is 0 Å². The third kappa shape index (κ3) is 9.19. The van der Waals surface area contributed by atoms with Crippen LogP contribution in [0.25, 0.3) is 0 Å². The maximum Gasteiger partial charge on any atom is 0.126 e. The zero-order chi connectivity index (χ0) is 22.0. The quantitative estimate of drug-likeness (QED) is 0.412. The Kier molecular flexibility index (Phi) is 9.19. The highest BCUT2D eigenvalue weighted by atomic mass is 16.5. The van der Waals surface area contributed by atoms with Crippen molar-refractivity contribution in [2.45, 2.75) is 65.6 Å². The van der Waals surface area contributed by atoms with Gasteiger partial charge in [0.05, 0.1) is 12.2 Å². The summed E-state index contributed by atoms with van der Waals surface area (Å²) in [7, 11) is 0. The summed E-state index contributed by atoms with van der Waals surface area (Å²) in [6.45, 7) is 15.7. The van der Waals surface area contributed by atoms with Gasteiger partial charge in [0.25, 0.3) is 0 Å². The summed E-state index contributed by atoms with van der Waals surface area (Å²) in [5.41, 5.74) is 2.36. The highest BCUT2D eigenvalue weighted by Gasteiger charge is 2.13. The van der Waals surface area contributed by atoms with E-state index < -0.39 is 0 Å². The minimum atomic E-state index is -0.0937. The van der Waals surface area contributed by atoms with Gasteiger partial charge in [0.1, 0.15) is 24.7 Å². The van der Waals surface area contributed by atoms with Crippen LogP contribution in [0.5, 0.6) is 11.5 Å². The normalized spacial score (nSPS) is 12.1. The minimum absolute atomic E-state index is 0.0937. The fraction of sp³-hybridized carbons (Fsp3) is 0.538. The molecule has 166 valence electrons. The number of hydrogen-bond donors (Lipinski definition) is 0.